The van der Waals surface area contributed by atoms with Crippen LogP contribution in [0.25, 0.3) is 5.65 Å². The molecule has 0 saturated carbocycles. The number of anilines is 1. The Morgan fingerprint density at radius 3 is 2.84 bits per heavy atom. The number of ether oxygens (including phenoxy) is 1. The molecule has 0 N–H and O–H groups in total. The topological polar surface area (TPSA) is 68.7 Å². The highest BCUT2D eigenvalue weighted by Crippen LogP contribution is 2.31. The Kier molecular flexibility index (Phi) is 3.95. The van der Waals surface area contributed by atoms with Crippen molar-refractivity contribution in [3.05, 3.63) is 41.0 Å². The summed E-state index contributed by atoms with van der Waals surface area (Å²) in [6.07, 6.45) is 2.76. The van der Waals surface area contributed by atoms with E-state index < -0.39 is 0 Å². The summed E-state index contributed by atoms with van der Waals surface area (Å²) in [5.41, 5.74) is 3.98. The molecular weight excluding hydrogens is 318 g/mol. The molecule has 7 nitrogen and oxygen atoms in total. The molecule has 4 heterocycles. The van der Waals surface area contributed by atoms with Crippen molar-refractivity contribution in [3.63, 3.8) is 0 Å². The van der Waals surface area contributed by atoms with Crippen LogP contribution in [0, 0.1) is 26.7 Å². The average Bonchev–Trinajstić information content (AvgIpc) is 3.29. The quantitative estimate of drug-likeness (QED) is 0.725. The zero-order valence-corrected chi connectivity index (χ0v) is 15.1. The highest BCUT2D eigenvalue weighted by atomic mass is 16.5. The standard InChI is InChI=1S/C18H23N5O2/c1-11-7-15(25-21-11)8-14-9-22(10-16(14)24-4)18-12(2)13(3)20-17-5-6-19-23(17)18/h5-7,14,16H,8-10H2,1-4H3/t14-,16-/m1/s1. The van der Waals surface area contributed by atoms with E-state index in [1.807, 2.05) is 30.5 Å². The fourth-order valence-corrected chi connectivity index (χ4v) is 3.74. The number of aromatic nitrogens is 4. The van der Waals surface area contributed by atoms with Gasteiger partial charge in [0, 0.05) is 55.9 Å². The average molecular weight is 341 g/mol. The Morgan fingerprint density at radius 1 is 1.28 bits per heavy atom. The van der Waals surface area contributed by atoms with Crippen LogP contribution in [-0.2, 0) is 11.2 Å². The van der Waals surface area contributed by atoms with E-state index in [0.717, 1.165) is 53.7 Å². The van der Waals surface area contributed by atoms with Gasteiger partial charge in [-0.1, -0.05) is 5.16 Å². The van der Waals surface area contributed by atoms with Crippen LogP contribution in [0.1, 0.15) is 22.7 Å². The van der Waals surface area contributed by atoms with E-state index in [4.69, 9.17) is 9.26 Å². The normalized spacial score (nSPS) is 20.7. The molecule has 0 amide bonds. The third-order valence-corrected chi connectivity index (χ3v) is 5.11. The first-order valence-corrected chi connectivity index (χ1v) is 8.57. The smallest absolute Gasteiger partial charge is 0.157 e. The minimum Gasteiger partial charge on any atom is -0.379 e. The lowest BCUT2D eigenvalue weighted by molar-refractivity contribution is 0.0812. The third kappa shape index (κ3) is 2.78. The molecule has 1 aliphatic rings. The van der Waals surface area contributed by atoms with E-state index in [1.54, 1.807) is 13.3 Å². The van der Waals surface area contributed by atoms with Gasteiger partial charge in [-0.05, 0) is 20.8 Å². The largest absolute Gasteiger partial charge is 0.379 e. The molecule has 3 aromatic rings. The molecule has 25 heavy (non-hydrogen) atoms. The van der Waals surface area contributed by atoms with Gasteiger partial charge in [0.1, 0.15) is 11.6 Å². The maximum Gasteiger partial charge on any atom is 0.157 e. The maximum atomic E-state index is 5.77. The van der Waals surface area contributed by atoms with Crippen molar-refractivity contribution in [2.45, 2.75) is 33.3 Å². The van der Waals surface area contributed by atoms with Gasteiger partial charge in [-0.15, -0.1) is 0 Å². The van der Waals surface area contributed by atoms with E-state index >= 15 is 0 Å². The highest BCUT2D eigenvalue weighted by Gasteiger charge is 2.35. The summed E-state index contributed by atoms with van der Waals surface area (Å²) in [7, 11) is 1.78. The molecule has 1 aliphatic heterocycles. The zero-order valence-electron chi connectivity index (χ0n) is 15.1. The lowest BCUT2D eigenvalue weighted by Gasteiger charge is -2.22. The number of aryl methyl sites for hydroxylation is 2. The Bertz CT molecular complexity index is 900. The first-order valence-electron chi connectivity index (χ1n) is 8.57. The minimum absolute atomic E-state index is 0.142. The fraction of sp³-hybridized carbons (Fsp3) is 0.500. The molecule has 1 fully saturated rings. The van der Waals surface area contributed by atoms with E-state index in [1.165, 1.54) is 0 Å². The van der Waals surface area contributed by atoms with Crippen LogP contribution in [0.5, 0.6) is 0 Å². The van der Waals surface area contributed by atoms with Gasteiger partial charge in [0.15, 0.2) is 5.65 Å². The zero-order chi connectivity index (χ0) is 17.6. The van der Waals surface area contributed by atoms with E-state index in [2.05, 4.69) is 27.1 Å². The van der Waals surface area contributed by atoms with Crippen molar-refractivity contribution < 1.29 is 9.26 Å². The van der Waals surface area contributed by atoms with Gasteiger partial charge in [-0.3, -0.25) is 0 Å². The second-order valence-electron chi connectivity index (χ2n) is 6.82. The number of hydrogen-bond acceptors (Lipinski definition) is 6. The minimum atomic E-state index is 0.142. The van der Waals surface area contributed by atoms with Crippen LogP contribution in [-0.4, -0.2) is 46.1 Å². The van der Waals surface area contributed by atoms with E-state index in [0.29, 0.717) is 5.92 Å². The van der Waals surface area contributed by atoms with Crippen molar-refractivity contribution in [1.29, 1.82) is 0 Å². The third-order valence-electron chi connectivity index (χ3n) is 5.11. The number of methoxy groups -OCH3 is 1. The predicted molar refractivity (Wildman–Crippen MR) is 93.9 cm³/mol. The summed E-state index contributed by atoms with van der Waals surface area (Å²) in [4.78, 5) is 6.97. The first-order chi connectivity index (χ1) is 12.1. The lowest BCUT2D eigenvalue weighted by atomic mass is 10.0. The van der Waals surface area contributed by atoms with Crippen LogP contribution >= 0.6 is 0 Å². The molecule has 1 saturated heterocycles. The second-order valence-corrected chi connectivity index (χ2v) is 6.82. The first kappa shape index (κ1) is 16.1. The van der Waals surface area contributed by atoms with Gasteiger partial charge in [0.25, 0.3) is 0 Å². The van der Waals surface area contributed by atoms with Crippen LogP contribution < -0.4 is 4.90 Å². The summed E-state index contributed by atoms with van der Waals surface area (Å²) < 4.78 is 13.1. The Balaban J connectivity index is 1.66. The number of rotatable bonds is 4. The number of hydrogen-bond donors (Lipinski definition) is 0. The molecule has 0 radical (unpaired) electrons. The molecule has 0 unspecified atom stereocenters. The fourth-order valence-electron chi connectivity index (χ4n) is 3.74. The van der Waals surface area contributed by atoms with Gasteiger partial charge in [-0.25, -0.2) is 4.98 Å². The molecule has 0 bridgehead atoms. The van der Waals surface area contributed by atoms with Crippen molar-refractivity contribution in [3.8, 4) is 0 Å². The monoisotopic (exact) mass is 341 g/mol. The molecule has 4 rings (SSSR count). The number of fused-ring (bicyclic) bond motifs is 1. The van der Waals surface area contributed by atoms with Crippen molar-refractivity contribution in [2.75, 3.05) is 25.1 Å². The Morgan fingerprint density at radius 2 is 2.12 bits per heavy atom. The SMILES string of the molecule is CO[C@@H]1CN(c2c(C)c(C)nc3ccnn23)C[C@H]1Cc1cc(C)no1. The van der Waals surface area contributed by atoms with E-state index in [9.17, 15) is 0 Å². The second kappa shape index (κ2) is 6.15. The number of nitrogens with zero attached hydrogens (tertiary/aromatic N) is 5. The van der Waals surface area contributed by atoms with E-state index in [-0.39, 0.29) is 6.10 Å². The highest BCUT2D eigenvalue weighted by molar-refractivity contribution is 5.57. The summed E-state index contributed by atoms with van der Waals surface area (Å²) in [6, 6.07) is 3.94. The molecule has 0 aromatic carbocycles. The molecule has 7 heteroatoms. The van der Waals surface area contributed by atoms with Gasteiger partial charge in [0.05, 0.1) is 18.0 Å². The van der Waals surface area contributed by atoms with Crippen LogP contribution in [0.15, 0.2) is 22.9 Å². The molecular formula is C18H23N5O2. The van der Waals surface area contributed by atoms with Gasteiger partial charge >= 0.3 is 0 Å². The van der Waals surface area contributed by atoms with Crippen molar-refractivity contribution >= 4 is 11.5 Å². The van der Waals surface area contributed by atoms with Crippen molar-refractivity contribution in [2.24, 2.45) is 5.92 Å². The molecule has 0 spiro atoms. The van der Waals surface area contributed by atoms with Gasteiger partial charge < -0.3 is 14.2 Å². The summed E-state index contributed by atoms with van der Waals surface area (Å²) in [5, 5.41) is 8.47. The van der Waals surface area contributed by atoms with Crippen molar-refractivity contribution in [1.82, 2.24) is 19.8 Å². The van der Waals surface area contributed by atoms with Crippen LogP contribution in [0.3, 0.4) is 0 Å². The Labute approximate surface area is 146 Å². The van der Waals surface area contributed by atoms with Gasteiger partial charge in [-0.2, -0.15) is 9.61 Å². The molecule has 132 valence electrons. The summed E-state index contributed by atoms with van der Waals surface area (Å²) in [6.45, 7) is 7.81. The molecule has 0 aliphatic carbocycles. The molecule has 2 atom stereocenters. The lowest BCUT2D eigenvalue weighted by Crippen LogP contribution is -2.26. The van der Waals surface area contributed by atoms with Crippen LogP contribution in [0.4, 0.5) is 5.82 Å². The van der Waals surface area contributed by atoms with Gasteiger partial charge in [0.2, 0.25) is 0 Å². The maximum absolute atomic E-state index is 5.77. The predicted octanol–water partition coefficient (Wildman–Crippen LogP) is 2.34. The molecule has 3 aromatic heterocycles. The Hall–Kier alpha value is -2.41. The van der Waals surface area contributed by atoms with Crippen LogP contribution in [0.2, 0.25) is 0 Å². The summed E-state index contributed by atoms with van der Waals surface area (Å²) >= 11 is 0. The summed E-state index contributed by atoms with van der Waals surface area (Å²) in [5.74, 6) is 2.36.